The number of hydrogen-bond donors (Lipinski definition) is 2. The maximum atomic E-state index is 12.6. The molecular formula is C20H21ClN2O4. The topological polar surface area (TPSA) is 71.0 Å². The summed E-state index contributed by atoms with van der Waals surface area (Å²) in [6, 6.07) is 10.1. The fourth-order valence-corrected chi connectivity index (χ4v) is 3.17. The Hall–Kier alpha value is -2.86. The SMILES string of the molecule is COc1cc(NC(=O)N2CC=C(c3ccc(O)cc3)CC2)c(OC)cc1Cl. The monoisotopic (exact) mass is 388 g/mol. The zero-order valence-electron chi connectivity index (χ0n) is 15.2. The van der Waals surface area contributed by atoms with E-state index in [0.717, 1.165) is 17.6 Å². The molecule has 2 amide bonds. The number of amides is 2. The van der Waals surface area contributed by atoms with Crippen LogP contribution in [0.25, 0.3) is 5.57 Å². The van der Waals surface area contributed by atoms with Gasteiger partial charge in [0.05, 0.1) is 24.9 Å². The normalized spacial score (nSPS) is 13.7. The Bertz CT molecular complexity index is 865. The number of nitrogens with zero attached hydrogens (tertiary/aromatic N) is 1. The average Bonchev–Trinajstić information content (AvgIpc) is 2.69. The smallest absolute Gasteiger partial charge is 0.322 e. The molecule has 0 radical (unpaired) electrons. The standard InChI is InChI=1S/C20H21ClN2O4/c1-26-18-12-17(19(27-2)11-16(18)21)22-20(25)23-9-7-14(8-10-23)13-3-5-15(24)6-4-13/h3-7,11-12,24H,8-10H2,1-2H3,(H,22,25). The van der Waals surface area contributed by atoms with Gasteiger partial charge in [0.15, 0.2) is 0 Å². The molecule has 0 saturated heterocycles. The largest absolute Gasteiger partial charge is 0.508 e. The molecule has 1 heterocycles. The van der Waals surface area contributed by atoms with Gasteiger partial charge in [0.25, 0.3) is 0 Å². The highest BCUT2D eigenvalue weighted by atomic mass is 35.5. The first-order valence-electron chi connectivity index (χ1n) is 8.47. The van der Waals surface area contributed by atoms with Gasteiger partial charge in [-0.3, -0.25) is 0 Å². The number of anilines is 1. The molecule has 2 aromatic carbocycles. The second kappa shape index (κ2) is 8.22. The number of methoxy groups -OCH3 is 2. The first-order chi connectivity index (χ1) is 13.0. The first-order valence-corrected chi connectivity index (χ1v) is 8.85. The minimum absolute atomic E-state index is 0.223. The van der Waals surface area contributed by atoms with Crippen molar-refractivity contribution in [2.45, 2.75) is 6.42 Å². The van der Waals surface area contributed by atoms with Gasteiger partial charge in [-0.25, -0.2) is 4.79 Å². The van der Waals surface area contributed by atoms with E-state index in [-0.39, 0.29) is 11.8 Å². The molecule has 27 heavy (non-hydrogen) atoms. The summed E-state index contributed by atoms with van der Waals surface area (Å²) in [6.45, 7) is 1.08. The summed E-state index contributed by atoms with van der Waals surface area (Å²) in [7, 11) is 3.03. The second-order valence-electron chi connectivity index (χ2n) is 6.09. The lowest BCUT2D eigenvalue weighted by Gasteiger charge is -2.27. The number of rotatable bonds is 4. The lowest BCUT2D eigenvalue weighted by Crippen LogP contribution is -2.38. The van der Waals surface area contributed by atoms with Crippen molar-refractivity contribution in [3.63, 3.8) is 0 Å². The third-order valence-electron chi connectivity index (χ3n) is 4.45. The molecular weight excluding hydrogens is 368 g/mol. The molecule has 2 N–H and O–H groups in total. The van der Waals surface area contributed by atoms with E-state index in [1.54, 1.807) is 29.2 Å². The van der Waals surface area contributed by atoms with Crippen LogP contribution in [-0.4, -0.2) is 43.3 Å². The molecule has 0 saturated carbocycles. The number of carbonyl (C=O) groups excluding carboxylic acids is 1. The summed E-state index contributed by atoms with van der Waals surface area (Å²) < 4.78 is 10.5. The van der Waals surface area contributed by atoms with Crippen molar-refractivity contribution in [1.82, 2.24) is 4.90 Å². The van der Waals surface area contributed by atoms with E-state index in [2.05, 4.69) is 5.32 Å². The van der Waals surface area contributed by atoms with Crippen molar-refractivity contribution in [2.24, 2.45) is 0 Å². The van der Waals surface area contributed by atoms with Gasteiger partial charge in [0.1, 0.15) is 17.2 Å². The molecule has 0 aromatic heterocycles. The van der Waals surface area contributed by atoms with Crippen LogP contribution >= 0.6 is 11.6 Å². The van der Waals surface area contributed by atoms with Crippen molar-refractivity contribution in [1.29, 1.82) is 0 Å². The Labute approximate surface area is 163 Å². The van der Waals surface area contributed by atoms with Gasteiger partial charge in [-0.05, 0) is 29.7 Å². The van der Waals surface area contributed by atoms with Crippen LogP contribution in [0.1, 0.15) is 12.0 Å². The number of phenols is 1. The lowest BCUT2D eigenvalue weighted by atomic mass is 9.99. The van der Waals surface area contributed by atoms with E-state index in [4.69, 9.17) is 21.1 Å². The summed E-state index contributed by atoms with van der Waals surface area (Å²) in [5, 5.41) is 12.7. The Morgan fingerprint density at radius 3 is 2.44 bits per heavy atom. The number of carbonyl (C=O) groups is 1. The number of urea groups is 1. The molecule has 2 aromatic rings. The average molecular weight is 389 g/mol. The quantitative estimate of drug-likeness (QED) is 0.815. The Kier molecular flexibility index (Phi) is 5.76. The molecule has 1 aliphatic rings. The predicted molar refractivity (Wildman–Crippen MR) is 106 cm³/mol. The molecule has 0 spiro atoms. The van der Waals surface area contributed by atoms with Gasteiger partial charge >= 0.3 is 6.03 Å². The van der Waals surface area contributed by atoms with Crippen molar-refractivity contribution < 1.29 is 19.4 Å². The molecule has 0 unspecified atom stereocenters. The summed E-state index contributed by atoms with van der Waals surface area (Å²) in [4.78, 5) is 14.3. The fourth-order valence-electron chi connectivity index (χ4n) is 2.94. The minimum Gasteiger partial charge on any atom is -0.508 e. The number of nitrogens with one attached hydrogen (secondary N) is 1. The van der Waals surface area contributed by atoms with E-state index in [1.807, 2.05) is 18.2 Å². The maximum absolute atomic E-state index is 12.6. The van der Waals surface area contributed by atoms with E-state index in [0.29, 0.717) is 35.3 Å². The number of phenolic OH excluding ortho intramolecular Hbond substituents is 1. The molecule has 3 rings (SSSR count). The second-order valence-corrected chi connectivity index (χ2v) is 6.50. The van der Waals surface area contributed by atoms with Gasteiger partial charge in [-0.1, -0.05) is 29.8 Å². The molecule has 1 aliphatic heterocycles. The van der Waals surface area contributed by atoms with Crippen molar-refractivity contribution in [2.75, 3.05) is 32.6 Å². The van der Waals surface area contributed by atoms with Gasteiger partial charge < -0.3 is 24.8 Å². The van der Waals surface area contributed by atoms with Gasteiger partial charge in [0, 0.05) is 25.2 Å². The van der Waals surface area contributed by atoms with E-state index in [1.165, 1.54) is 14.2 Å². The highest BCUT2D eigenvalue weighted by Gasteiger charge is 2.20. The molecule has 6 nitrogen and oxygen atoms in total. The van der Waals surface area contributed by atoms with Crippen molar-refractivity contribution >= 4 is 28.9 Å². The van der Waals surface area contributed by atoms with Crippen LogP contribution in [0.2, 0.25) is 5.02 Å². The Morgan fingerprint density at radius 1 is 1.15 bits per heavy atom. The van der Waals surface area contributed by atoms with E-state index >= 15 is 0 Å². The van der Waals surface area contributed by atoms with Crippen LogP contribution in [0.4, 0.5) is 10.5 Å². The number of aromatic hydroxyl groups is 1. The van der Waals surface area contributed by atoms with Crippen LogP contribution in [0.5, 0.6) is 17.2 Å². The van der Waals surface area contributed by atoms with Crippen LogP contribution in [0, 0.1) is 0 Å². The minimum atomic E-state index is -0.223. The van der Waals surface area contributed by atoms with Crippen molar-refractivity contribution in [3.05, 3.63) is 53.1 Å². The first kappa shape index (κ1) is 18.9. The molecule has 7 heteroatoms. The molecule has 142 valence electrons. The van der Waals surface area contributed by atoms with Crippen LogP contribution < -0.4 is 14.8 Å². The summed E-state index contributed by atoms with van der Waals surface area (Å²) in [5.74, 6) is 1.16. The molecule has 0 atom stereocenters. The zero-order chi connectivity index (χ0) is 19.4. The number of hydrogen-bond acceptors (Lipinski definition) is 4. The summed E-state index contributed by atoms with van der Waals surface area (Å²) in [6.07, 6.45) is 2.76. The molecule has 0 aliphatic carbocycles. The fraction of sp³-hybridized carbons (Fsp3) is 0.250. The van der Waals surface area contributed by atoms with Gasteiger partial charge in [0.2, 0.25) is 0 Å². The van der Waals surface area contributed by atoms with Crippen LogP contribution in [-0.2, 0) is 0 Å². The summed E-state index contributed by atoms with van der Waals surface area (Å²) >= 11 is 6.10. The maximum Gasteiger partial charge on any atom is 0.322 e. The van der Waals surface area contributed by atoms with Crippen LogP contribution in [0.15, 0.2) is 42.5 Å². The third kappa shape index (κ3) is 4.28. The number of benzene rings is 2. The predicted octanol–water partition coefficient (Wildman–Crippen LogP) is 4.38. The van der Waals surface area contributed by atoms with E-state index < -0.39 is 0 Å². The lowest BCUT2D eigenvalue weighted by molar-refractivity contribution is 0.217. The Balaban J connectivity index is 1.70. The molecule has 0 fully saturated rings. The number of halogens is 1. The summed E-state index contributed by atoms with van der Waals surface area (Å²) in [5.41, 5.74) is 2.71. The number of ether oxygens (including phenoxy) is 2. The molecule has 0 bridgehead atoms. The van der Waals surface area contributed by atoms with Gasteiger partial charge in [-0.2, -0.15) is 0 Å². The van der Waals surface area contributed by atoms with Crippen LogP contribution in [0.3, 0.4) is 0 Å². The third-order valence-corrected chi connectivity index (χ3v) is 4.75. The van der Waals surface area contributed by atoms with Crippen molar-refractivity contribution in [3.8, 4) is 17.2 Å². The van der Waals surface area contributed by atoms with Gasteiger partial charge in [-0.15, -0.1) is 0 Å². The zero-order valence-corrected chi connectivity index (χ0v) is 15.9. The highest BCUT2D eigenvalue weighted by Crippen LogP contribution is 2.36. The highest BCUT2D eigenvalue weighted by molar-refractivity contribution is 6.32. The van der Waals surface area contributed by atoms with E-state index in [9.17, 15) is 9.90 Å². The Morgan fingerprint density at radius 2 is 1.85 bits per heavy atom.